The van der Waals surface area contributed by atoms with Crippen molar-refractivity contribution in [3.05, 3.63) is 29.8 Å². The molecular weight excluding hydrogens is 270 g/mol. The topological polar surface area (TPSA) is 101 Å². The third kappa shape index (κ3) is 5.98. The number of anilines is 1. The fourth-order valence-electron chi connectivity index (χ4n) is 1.27. The molecule has 0 heterocycles. The summed E-state index contributed by atoms with van der Waals surface area (Å²) < 4.78 is 0. The zero-order valence-electron chi connectivity index (χ0n) is 10.4. The van der Waals surface area contributed by atoms with Crippen LogP contribution in [0.3, 0.4) is 0 Å². The highest BCUT2D eigenvalue weighted by atomic mass is 35.5. The van der Waals surface area contributed by atoms with Crippen molar-refractivity contribution in [3.8, 4) is 0 Å². The van der Waals surface area contributed by atoms with Gasteiger partial charge in [0.15, 0.2) is 5.78 Å². The molecule has 7 heteroatoms. The van der Waals surface area contributed by atoms with Crippen molar-refractivity contribution in [3.63, 3.8) is 0 Å². The largest absolute Gasteiger partial charge is 0.346 e. The molecule has 0 atom stereocenters. The summed E-state index contributed by atoms with van der Waals surface area (Å²) in [6.07, 6.45) is 0. The number of Topliss-reactive ketones (excluding diaryl/α,β-unsaturated/α-hetero) is 1. The fourth-order valence-corrected chi connectivity index (χ4v) is 1.27. The Labute approximate surface area is 117 Å². The Hall–Kier alpha value is -1.92. The summed E-state index contributed by atoms with van der Waals surface area (Å²) in [6.45, 7) is 1.13. The second-order valence-corrected chi connectivity index (χ2v) is 3.67. The predicted octanol–water partition coefficient (Wildman–Crippen LogP) is 0.324. The molecule has 6 nitrogen and oxygen atoms in total. The SMILES string of the molecule is CC(=O)c1cccc(NC(=O)CNC(=O)CN)c1.Cl. The normalized spacial score (nSPS) is 9.16. The monoisotopic (exact) mass is 285 g/mol. The molecule has 0 saturated heterocycles. The zero-order valence-corrected chi connectivity index (χ0v) is 11.3. The highest BCUT2D eigenvalue weighted by Crippen LogP contribution is 2.10. The van der Waals surface area contributed by atoms with E-state index in [1.165, 1.54) is 6.92 Å². The zero-order chi connectivity index (χ0) is 13.5. The Morgan fingerprint density at radius 2 is 1.89 bits per heavy atom. The molecule has 1 rings (SSSR count). The van der Waals surface area contributed by atoms with Crippen LogP contribution in [0, 0.1) is 0 Å². The number of amides is 2. The third-order valence-corrected chi connectivity index (χ3v) is 2.18. The number of ketones is 1. The first-order valence-electron chi connectivity index (χ1n) is 5.40. The molecule has 0 aromatic heterocycles. The van der Waals surface area contributed by atoms with Crippen molar-refractivity contribution in [1.82, 2.24) is 5.32 Å². The van der Waals surface area contributed by atoms with Crippen molar-refractivity contribution < 1.29 is 14.4 Å². The van der Waals surface area contributed by atoms with Crippen LogP contribution >= 0.6 is 12.4 Å². The van der Waals surface area contributed by atoms with Gasteiger partial charge in [0.05, 0.1) is 13.1 Å². The number of hydrogen-bond donors (Lipinski definition) is 3. The molecule has 2 amide bonds. The highest BCUT2D eigenvalue weighted by Gasteiger charge is 2.06. The van der Waals surface area contributed by atoms with E-state index in [1.54, 1.807) is 24.3 Å². The first kappa shape index (κ1) is 17.1. The molecule has 0 aliphatic carbocycles. The van der Waals surface area contributed by atoms with E-state index in [-0.39, 0.29) is 37.2 Å². The van der Waals surface area contributed by atoms with Crippen molar-refractivity contribution >= 4 is 35.7 Å². The fraction of sp³-hybridized carbons (Fsp3) is 0.250. The lowest BCUT2D eigenvalue weighted by molar-refractivity contribution is -0.123. The van der Waals surface area contributed by atoms with Crippen LogP contribution in [0.15, 0.2) is 24.3 Å². The van der Waals surface area contributed by atoms with Crippen LogP contribution in [0.4, 0.5) is 5.69 Å². The average molecular weight is 286 g/mol. The van der Waals surface area contributed by atoms with E-state index in [4.69, 9.17) is 5.73 Å². The molecule has 1 aromatic rings. The number of hydrogen-bond acceptors (Lipinski definition) is 4. The summed E-state index contributed by atoms with van der Waals surface area (Å²) in [5.41, 5.74) is 6.10. The molecule has 1 aromatic carbocycles. The maximum atomic E-state index is 11.5. The van der Waals surface area contributed by atoms with Crippen molar-refractivity contribution in [2.75, 3.05) is 18.4 Å². The summed E-state index contributed by atoms with van der Waals surface area (Å²) in [5.74, 6) is -0.859. The number of carbonyl (C=O) groups is 3. The smallest absolute Gasteiger partial charge is 0.243 e. The van der Waals surface area contributed by atoms with Gasteiger partial charge >= 0.3 is 0 Å². The molecule has 0 spiro atoms. The van der Waals surface area contributed by atoms with Crippen LogP contribution in [0.25, 0.3) is 0 Å². The molecule has 0 unspecified atom stereocenters. The Morgan fingerprint density at radius 3 is 2.47 bits per heavy atom. The summed E-state index contributed by atoms with van der Waals surface area (Å²) in [7, 11) is 0. The van der Waals surface area contributed by atoms with Crippen molar-refractivity contribution in [1.29, 1.82) is 0 Å². The third-order valence-electron chi connectivity index (χ3n) is 2.18. The van der Waals surface area contributed by atoms with Gasteiger partial charge < -0.3 is 16.4 Å². The van der Waals surface area contributed by atoms with E-state index < -0.39 is 5.91 Å². The summed E-state index contributed by atoms with van der Waals surface area (Å²) in [5, 5.41) is 4.92. The average Bonchev–Trinajstić information content (AvgIpc) is 2.36. The number of benzene rings is 1. The van der Waals surface area contributed by atoms with E-state index in [2.05, 4.69) is 10.6 Å². The minimum absolute atomic E-state index is 0. The lowest BCUT2D eigenvalue weighted by Crippen LogP contribution is -2.36. The second kappa shape index (κ2) is 8.23. The summed E-state index contributed by atoms with van der Waals surface area (Å²) in [6, 6.07) is 6.57. The van der Waals surface area contributed by atoms with Gasteiger partial charge in [0.2, 0.25) is 11.8 Å². The first-order chi connectivity index (χ1) is 8.52. The lowest BCUT2D eigenvalue weighted by Gasteiger charge is -2.07. The Morgan fingerprint density at radius 1 is 1.21 bits per heavy atom. The standard InChI is InChI=1S/C12H15N3O3.ClH/c1-8(16)9-3-2-4-10(5-9)15-12(18)7-14-11(17)6-13;/h2-5H,6-7,13H2,1H3,(H,14,17)(H,15,18);1H. The highest BCUT2D eigenvalue weighted by molar-refractivity contribution is 5.98. The van der Waals surface area contributed by atoms with Crippen molar-refractivity contribution in [2.24, 2.45) is 5.73 Å². The van der Waals surface area contributed by atoms with Gasteiger partial charge in [-0.25, -0.2) is 0 Å². The van der Waals surface area contributed by atoms with E-state index in [0.29, 0.717) is 11.3 Å². The molecule has 4 N–H and O–H groups in total. The predicted molar refractivity (Wildman–Crippen MR) is 74.4 cm³/mol. The molecule has 0 fully saturated rings. The molecule has 0 bridgehead atoms. The molecule has 0 saturated carbocycles. The van der Waals surface area contributed by atoms with Gasteiger partial charge in [0.1, 0.15) is 0 Å². The second-order valence-electron chi connectivity index (χ2n) is 3.67. The van der Waals surface area contributed by atoms with Crippen LogP contribution in [-0.4, -0.2) is 30.7 Å². The number of nitrogens with two attached hydrogens (primary N) is 1. The van der Waals surface area contributed by atoms with E-state index in [0.717, 1.165) is 0 Å². The maximum absolute atomic E-state index is 11.5. The van der Waals surface area contributed by atoms with Crippen LogP contribution in [-0.2, 0) is 9.59 Å². The van der Waals surface area contributed by atoms with Crippen LogP contribution in [0.2, 0.25) is 0 Å². The van der Waals surface area contributed by atoms with Gasteiger partial charge in [0.25, 0.3) is 0 Å². The van der Waals surface area contributed by atoms with Gasteiger partial charge in [-0.05, 0) is 19.1 Å². The Bertz CT molecular complexity index is 477. The van der Waals surface area contributed by atoms with Crippen LogP contribution in [0.1, 0.15) is 17.3 Å². The molecular formula is C12H16ClN3O3. The number of rotatable bonds is 5. The minimum atomic E-state index is -0.400. The maximum Gasteiger partial charge on any atom is 0.243 e. The quantitative estimate of drug-likeness (QED) is 0.678. The van der Waals surface area contributed by atoms with Gasteiger partial charge in [0, 0.05) is 11.3 Å². The Kier molecular flexibility index (Phi) is 7.40. The van der Waals surface area contributed by atoms with E-state index in [9.17, 15) is 14.4 Å². The van der Waals surface area contributed by atoms with Crippen LogP contribution < -0.4 is 16.4 Å². The Balaban J connectivity index is 0.00000324. The van der Waals surface area contributed by atoms with Crippen LogP contribution in [0.5, 0.6) is 0 Å². The number of carbonyl (C=O) groups excluding carboxylic acids is 3. The van der Waals surface area contributed by atoms with Gasteiger partial charge in [-0.2, -0.15) is 0 Å². The molecule has 0 aliphatic rings. The van der Waals surface area contributed by atoms with E-state index in [1.807, 2.05) is 0 Å². The molecule has 19 heavy (non-hydrogen) atoms. The summed E-state index contributed by atoms with van der Waals surface area (Å²) in [4.78, 5) is 33.5. The molecule has 0 aliphatic heterocycles. The van der Waals surface area contributed by atoms with Gasteiger partial charge in [-0.1, -0.05) is 12.1 Å². The van der Waals surface area contributed by atoms with E-state index >= 15 is 0 Å². The lowest BCUT2D eigenvalue weighted by atomic mass is 10.1. The molecule has 0 radical (unpaired) electrons. The number of halogens is 1. The van der Waals surface area contributed by atoms with Gasteiger partial charge in [-0.15, -0.1) is 12.4 Å². The molecule has 104 valence electrons. The number of nitrogens with one attached hydrogen (secondary N) is 2. The minimum Gasteiger partial charge on any atom is -0.346 e. The first-order valence-corrected chi connectivity index (χ1v) is 5.40. The van der Waals surface area contributed by atoms with Gasteiger partial charge in [-0.3, -0.25) is 14.4 Å². The van der Waals surface area contributed by atoms with Crippen molar-refractivity contribution in [2.45, 2.75) is 6.92 Å². The summed E-state index contributed by atoms with van der Waals surface area (Å²) >= 11 is 0.